The molecule has 0 saturated carbocycles. The first-order chi connectivity index (χ1) is 13.1. The highest BCUT2D eigenvalue weighted by atomic mass is 32.2. The fourth-order valence-corrected chi connectivity index (χ4v) is 5.76. The highest BCUT2D eigenvalue weighted by Gasteiger charge is 2.43. The van der Waals surface area contributed by atoms with Crippen molar-refractivity contribution in [3.63, 3.8) is 0 Å². The summed E-state index contributed by atoms with van der Waals surface area (Å²) in [5, 5.41) is 8.43. The van der Waals surface area contributed by atoms with Crippen LogP contribution in [0.5, 0.6) is 0 Å². The molecule has 1 aromatic rings. The van der Waals surface area contributed by atoms with E-state index in [4.69, 9.17) is 5.26 Å². The molecule has 2 aliphatic heterocycles. The minimum atomic E-state index is -3.36. The van der Waals surface area contributed by atoms with Crippen molar-refractivity contribution in [1.82, 2.24) is 9.21 Å². The van der Waals surface area contributed by atoms with Crippen molar-refractivity contribution in [2.75, 3.05) is 26.2 Å². The Morgan fingerprint density at radius 1 is 1.14 bits per heavy atom. The van der Waals surface area contributed by atoms with E-state index < -0.39 is 15.3 Å². The summed E-state index contributed by atoms with van der Waals surface area (Å²) in [5.41, 5.74) is 1.71. The first-order valence-corrected chi connectivity index (χ1v) is 11.4. The zero-order valence-corrected chi connectivity index (χ0v) is 17.7. The highest BCUT2D eigenvalue weighted by molar-refractivity contribution is 7.89. The maximum Gasteiger partial charge on any atom is 0.223 e. The summed E-state index contributed by atoms with van der Waals surface area (Å²) in [6, 6.07) is 9.69. The Hall–Kier alpha value is -1.91. The average Bonchev–Trinajstić information content (AvgIpc) is 2.59. The van der Waals surface area contributed by atoms with Crippen LogP contribution in [0.25, 0.3) is 0 Å². The van der Waals surface area contributed by atoms with Gasteiger partial charge < -0.3 is 4.90 Å². The zero-order chi connectivity index (χ0) is 20.5. The van der Waals surface area contributed by atoms with Gasteiger partial charge in [0.25, 0.3) is 0 Å². The lowest BCUT2D eigenvalue weighted by atomic mass is 9.90. The number of hydrogen-bond acceptors (Lipinski definition) is 4. The van der Waals surface area contributed by atoms with Crippen LogP contribution in [0.1, 0.15) is 57.1 Å². The summed E-state index contributed by atoms with van der Waals surface area (Å²) >= 11 is 0. The van der Waals surface area contributed by atoms with Crippen LogP contribution in [-0.2, 0) is 14.8 Å². The van der Waals surface area contributed by atoms with E-state index in [0.29, 0.717) is 44.1 Å². The van der Waals surface area contributed by atoms with E-state index in [2.05, 4.69) is 6.07 Å². The SMILES string of the molecule is CC(C)(C)CC(=O)N1CC(S(=O)(=O)N2CCC(c3ccc(C#N)cc3)CC2)C1. The van der Waals surface area contributed by atoms with Crippen molar-refractivity contribution in [2.45, 2.75) is 51.2 Å². The van der Waals surface area contributed by atoms with Gasteiger partial charge in [-0.15, -0.1) is 0 Å². The Balaban J connectivity index is 1.53. The van der Waals surface area contributed by atoms with E-state index in [1.54, 1.807) is 9.21 Å². The van der Waals surface area contributed by atoms with E-state index in [0.717, 1.165) is 12.8 Å². The predicted molar refractivity (Wildman–Crippen MR) is 108 cm³/mol. The van der Waals surface area contributed by atoms with Crippen molar-refractivity contribution in [3.8, 4) is 6.07 Å². The molecule has 28 heavy (non-hydrogen) atoms. The van der Waals surface area contributed by atoms with Crippen LogP contribution in [0.2, 0.25) is 0 Å². The maximum atomic E-state index is 12.9. The monoisotopic (exact) mass is 403 g/mol. The molecule has 0 unspecified atom stereocenters. The number of sulfonamides is 1. The van der Waals surface area contributed by atoms with Gasteiger partial charge in [-0.2, -0.15) is 5.26 Å². The summed E-state index contributed by atoms with van der Waals surface area (Å²) in [6.45, 7) is 7.68. The molecule has 0 aromatic heterocycles. The summed E-state index contributed by atoms with van der Waals surface area (Å²) in [4.78, 5) is 13.9. The summed E-state index contributed by atoms with van der Waals surface area (Å²) < 4.78 is 27.4. The van der Waals surface area contributed by atoms with E-state index in [1.807, 2.05) is 45.0 Å². The average molecular weight is 404 g/mol. The van der Waals surface area contributed by atoms with Crippen LogP contribution in [0.3, 0.4) is 0 Å². The van der Waals surface area contributed by atoms with Gasteiger partial charge in [0.2, 0.25) is 15.9 Å². The molecule has 7 heteroatoms. The quantitative estimate of drug-likeness (QED) is 0.774. The third kappa shape index (κ3) is 4.56. The lowest BCUT2D eigenvalue weighted by molar-refractivity contribution is -0.136. The van der Waals surface area contributed by atoms with Crippen molar-refractivity contribution in [2.24, 2.45) is 5.41 Å². The van der Waals surface area contributed by atoms with Crippen LogP contribution in [0.15, 0.2) is 24.3 Å². The largest absolute Gasteiger partial charge is 0.340 e. The Labute approximate surface area is 168 Å². The number of benzene rings is 1. The van der Waals surface area contributed by atoms with E-state index >= 15 is 0 Å². The molecule has 152 valence electrons. The molecule has 2 saturated heterocycles. The van der Waals surface area contributed by atoms with Crippen molar-refractivity contribution in [3.05, 3.63) is 35.4 Å². The van der Waals surface area contributed by atoms with E-state index in [-0.39, 0.29) is 11.3 Å². The van der Waals surface area contributed by atoms with Gasteiger partial charge in [0.05, 0.1) is 11.6 Å². The van der Waals surface area contributed by atoms with E-state index in [1.165, 1.54) is 5.56 Å². The fraction of sp³-hybridized carbons (Fsp3) is 0.619. The summed E-state index contributed by atoms with van der Waals surface area (Å²) in [6.07, 6.45) is 2.00. The molecule has 0 spiro atoms. The van der Waals surface area contributed by atoms with Crippen LogP contribution in [-0.4, -0.2) is 55.0 Å². The molecule has 2 aliphatic rings. The van der Waals surface area contributed by atoms with Crippen molar-refractivity contribution < 1.29 is 13.2 Å². The van der Waals surface area contributed by atoms with Crippen LogP contribution < -0.4 is 0 Å². The molecule has 3 rings (SSSR count). The van der Waals surface area contributed by atoms with Crippen molar-refractivity contribution >= 4 is 15.9 Å². The molecule has 0 aliphatic carbocycles. The van der Waals surface area contributed by atoms with Crippen LogP contribution >= 0.6 is 0 Å². The summed E-state index contributed by atoms with van der Waals surface area (Å²) in [5.74, 6) is 0.365. The summed E-state index contributed by atoms with van der Waals surface area (Å²) in [7, 11) is -3.36. The van der Waals surface area contributed by atoms with Gasteiger partial charge in [-0.3, -0.25) is 4.79 Å². The number of piperidine rings is 1. The number of nitrogens with zero attached hydrogens (tertiary/aromatic N) is 3. The zero-order valence-electron chi connectivity index (χ0n) is 16.9. The lowest BCUT2D eigenvalue weighted by Crippen LogP contribution is -2.60. The molecule has 0 atom stereocenters. The minimum absolute atomic E-state index is 0.0403. The van der Waals surface area contributed by atoms with Gasteiger partial charge in [0, 0.05) is 32.6 Å². The second-order valence-corrected chi connectivity index (χ2v) is 11.3. The molecular formula is C21H29N3O3S. The Kier molecular flexibility index (Phi) is 5.83. The fourth-order valence-electron chi connectivity index (χ4n) is 3.88. The molecule has 6 nitrogen and oxygen atoms in total. The van der Waals surface area contributed by atoms with E-state index in [9.17, 15) is 13.2 Å². The van der Waals surface area contributed by atoms with Crippen molar-refractivity contribution in [1.29, 1.82) is 5.26 Å². The third-order valence-corrected chi connectivity index (χ3v) is 7.85. The maximum absolute atomic E-state index is 12.9. The number of nitriles is 1. The molecular weight excluding hydrogens is 374 g/mol. The number of hydrogen-bond donors (Lipinski definition) is 0. The van der Waals surface area contributed by atoms with Gasteiger partial charge in [-0.25, -0.2) is 12.7 Å². The lowest BCUT2D eigenvalue weighted by Gasteiger charge is -2.43. The normalized spacial score (nSPS) is 19.9. The number of carbonyl (C=O) groups is 1. The van der Waals surface area contributed by atoms with Gasteiger partial charge >= 0.3 is 0 Å². The van der Waals surface area contributed by atoms with Gasteiger partial charge in [0.15, 0.2) is 0 Å². The Bertz CT molecular complexity index is 852. The molecule has 1 aromatic carbocycles. The van der Waals surface area contributed by atoms with Gasteiger partial charge in [0.1, 0.15) is 5.25 Å². The van der Waals surface area contributed by atoms with Gasteiger partial charge in [-0.05, 0) is 41.9 Å². The second kappa shape index (κ2) is 7.84. The molecule has 2 fully saturated rings. The number of amides is 1. The Morgan fingerprint density at radius 3 is 2.21 bits per heavy atom. The smallest absolute Gasteiger partial charge is 0.223 e. The first-order valence-electron chi connectivity index (χ1n) is 9.87. The second-order valence-electron chi connectivity index (χ2n) is 9.11. The predicted octanol–water partition coefficient (Wildman–Crippen LogP) is 2.71. The highest BCUT2D eigenvalue weighted by Crippen LogP contribution is 2.32. The van der Waals surface area contributed by atoms with Crippen LogP contribution in [0, 0.1) is 16.7 Å². The molecule has 0 N–H and O–H groups in total. The minimum Gasteiger partial charge on any atom is -0.340 e. The number of carbonyl (C=O) groups excluding carboxylic acids is 1. The molecule has 0 radical (unpaired) electrons. The molecule has 0 bridgehead atoms. The topological polar surface area (TPSA) is 81.5 Å². The third-order valence-electron chi connectivity index (χ3n) is 5.63. The molecule has 1 amide bonds. The number of likely N-dealkylation sites (tertiary alicyclic amines) is 1. The number of rotatable bonds is 4. The van der Waals surface area contributed by atoms with Crippen LogP contribution in [0.4, 0.5) is 0 Å². The van der Waals surface area contributed by atoms with Gasteiger partial charge in [-0.1, -0.05) is 32.9 Å². The Morgan fingerprint density at radius 2 is 1.71 bits per heavy atom. The first kappa shape index (κ1) is 20.8. The molecule has 2 heterocycles. The standard InChI is InChI=1S/C21H29N3O3S/c1-21(2,3)12-20(25)23-14-19(15-23)28(26,27)24-10-8-18(9-11-24)17-6-4-16(13-22)5-7-17/h4-7,18-19H,8-12,14-15H2,1-3H3.